The maximum absolute atomic E-state index is 11.9. The van der Waals surface area contributed by atoms with Gasteiger partial charge in [-0.05, 0) is 34.5 Å². The predicted octanol–water partition coefficient (Wildman–Crippen LogP) is 4.38. The highest BCUT2D eigenvalue weighted by Crippen LogP contribution is 2.31. The van der Waals surface area contributed by atoms with Crippen LogP contribution in [0.3, 0.4) is 0 Å². The average Bonchev–Trinajstić information content (AvgIpc) is 2.36. The van der Waals surface area contributed by atoms with E-state index in [0.29, 0.717) is 0 Å². The Bertz CT molecular complexity index is 602. The van der Waals surface area contributed by atoms with Crippen molar-refractivity contribution in [3.05, 3.63) is 27.2 Å². The number of halogens is 3. The Kier molecular flexibility index (Phi) is 6.78. The zero-order valence-electron chi connectivity index (χ0n) is 10.7. The van der Waals surface area contributed by atoms with E-state index in [1.165, 1.54) is 6.07 Å². The maximum atomic E-state index is 11.9. The lowest BCUT2D eigenvalue weighted by Gasteiger charge is -2.08. The molecule has 0 N–H and O–H groups in total. The molecule has 0 saturated heterocycles. The van der Waals surface area contributed by atoms with E-state index in [9.17, 15) is 13.2 Å². The molecule has 20 heavy (non-hydrogen) atoms. The van der Waals surface area contributed by atoms with Crippen molar-refractivity contribution < 1.29 is 17.9 Å². The smallest absolute Gasteiger partial charge is 0.339 e. The van der Waals surface area contributed by atoms with E-state index < -0.39 is 15.0 Å². The normalized spacial score (nSPS) is 11.4. The first-order chi connectivity index (χ1) is 9.27. The summed E-state index contributed by atoms with van der Waals surface area (Å²) in [6.45, 7) is 2.29. The fraction of sp³-hybridized carbons (Fsp3) is 0.417. The molecular formula is C12H13BrCl2O4S. The van der Waals surface area contributed by atoms with E-state index in [0.717, 1.165) is 25.3 Å². The lowest BCUT2D eigenvalue weighted by molar-refractivity contribution is 0.0498. The summed E-state index contributed by atoms with van der Waals surface area (Å²) in [5.41, 5.74) is -0.0308. The van der Waals surface area contributed by atoms with Crippen LogP contribution in [0.5, 0.6) is 0 Å². The molecule has 0 heterocycles. The minimum Gasteiger partial charge on any atom is -0.462 e. The standard InChI is InChI=1S/C12H13BrCl2O4S/c1-2-3-4-5-19-12(16)9-6-8(20(15,17)18)7-10(13)11(9)14/h6-7H,2-5H2,1H3. The van der Waals surface area contributed by atoms with Crippen molar-refractivity contribution in [1.82, 2.24) is 0 Å². The van der Waals surface area contributed by atoms with Crippen molar-refractivity contribution in [2.24, 2.45) is 0 Å². The molecule has 4 nitrogen and oxygen atoms in total. The summed E-state index contributed by atoms with van der Waals surface area (Å²) in [5, 5.41) is 0.0922. The van der Waals surface area contributed by atoms with Crippen molar-refractivity contribution in [3.8, 4) is 0 Å². The van der Waals surface area contributed by atoms with E-state index in [4.69, 9.17) is 27.0 Å². The van der Waals surface area contributed by atoms with Gasteiger partial charge < -0.3 is 4.74 Å². The number of esters is 1. The molecular weight excluding hydrogens is 391 g/mol. The fourth-order valence-corrected chi connectivity index (χ4v) is 3.03. The number of hydrogen-bond acceptors (Lipinski definition) is 4. The molecule has 0 radical (unpaired) electrons. The van der Waals surface area contributed by atoms with E-state index in [2.05, 4.69) is 15.9 Å². The van der Waals surface area contributed by atoms with Crippen LogP contribution in [0.15, 0.2) is 21.5 Å². The van der Waals surface area contributed by atoms with Crippen LogP contribution < -0.4 is 0 Å². The second-order valence-electron chi connectivity index (χ2n) is 4.05. The third kappa shape index (κ3) is 4.91. The van der Waals surface area contributed by atoms with E-state index in [1.807, 2.05) is 6.92 Å². The lowest BCUT2D eigenvalue weighted by atomic mass is 10.2. The van der Waals surface area contributed by atoms with Gasteiger partial charge in [-0.1, -0.05) is 31.4 Å². The van der Waals surface area contributed by atoms with Gasteiger partial charge in [-0.3, -0.25) is 0 Å². The van der Waals surface area contributed by atoms with Gasteiger partial charge >= 0.3 is 5.97 Å². The number of unbranched alkanes of at least 4 members (excludes halogenated alkanes) is 2. The maximum Gasteiger partial charge on any atom is 0.339 e. The van der Waals surface area contributed by atoms with Gasteiger partial charge in [-0.15, -0.1) is 0 Å². The number of ether oxygens (including phenoxy) is 1. The van der Waals surface area contributed by atoms with E-state index in [1.54, 1.807) is 0 Å². The highest BCUT2D eigenvalue weighted by Gasteiger charge is 2.20. The molecule has 0 aliphatic carbocycles. The summed E-state index contributed by atoms with van der Waals surface area (Å²) in [5.74, 6) is -0.672. The van der Waals surface area contributed by atoms with Crippen molar-refractivity contribution in [2.45, 2.75) is 31.1 Å². The first kappa shape index (κ1) is 17.8. The molecule has 0 bridgehead atoms. The van der Waals surface area contributed by atoms with Gasteiger partial charge in [0.1, 0.15) is 0 Å². The lowest BCUT2D eigenvalue weighted by Crippen LogP contribution is -2.08. The minimum atomic E-state index is -3.95. The SMILES string of the molecule is CCCCCOC(=O)c1cc(S(=O)(=O)Cl)cc(Br)c1Cl. The van der Waals surface area contributed by atoms with Crippen LogP contribution in [-0.4, -0.2) is 21.0 Å². The second kappa shape index (κ2) is 7.64. The molecule has 0 aliphatic heterocycles. The minimum absolute atomic E-state index is 0.0308. The largest absolute Gasteiger partial charge is 0.462 e. The van der Waals surface area contributed by atoms with Crippen molar-refractivity contribution in [1.29, 1.82) is 0 Å². The highest BCUT2D eigenvalue weighted by atomic mass is 79.9. The van der Waals surface area contributed by atoms with Gasteiger partial charge in [0.05, 0.1) is 22.1 Å². The number of carbonyl (C=O) groups is 1. The van der Waals surface area contributed by atoms with Gasteiger partial charge in [0.15, 0.2) is 0 Å². The van der Waals surface area contributed by atoms with Crippen LogP contribution in [0.4, 0.5) is 0 Å². The number of hydrogen-bond donors (Lipinski definition) is 0. The van der Waals surface area contributed by atoms with Crippen molar-refractivity contribution in [2.75, 3.05) is 6.61 Å². The number of carbonyl (C=O) groups excluding carboxylic acids is 1. The molecule has 0 unspecified atom stereocenters. The molecule has 8 heteroatoms. The fourth-order valence-electron chi connectivity index (χ4n) is 1.45. The Labute approximate surface area is 135 Å². The summed E-state index contributed by atoms with van der Waals surface area (Å²) in [4.78, 5) is 11.7. The van der Waals surface area contributed by atoms with Gasteiger partial charge in [0.25, 0.3) is 9.05 Å². The molecule has 1 rings (SSSR count). The van der Waals surface area contributed by atoms with Crippen molar-refractivity contribution >= 4 is 53.2 Å². The Morgan fingerprint density at radius 1 is 1.35 bits per heavy atom. The van der Waals surface area contributed by atoms with Crippen LogP contribution >= 0.6 is 38.2 Å². The summed E-state index contributed by atoms with van der Waals surface area (Å²) in [6.07, 6.45) is 2.69. The van der Waals surface area contributed by atoms with Crippen LogP contribution in [0, 0.1) is 0 Å². The second-order valence-corrected chi connectivity index (χ2v) is 7.85. The summed E-state index contributed by atoms with van der Waals surface area (Å²) < 4.78 is 28.0. The topological polar surface area (TPSA) is 60.4 Å². The van der Waals surface area contributed by atoms with E-state index >= 15 is 0 Å². The Morgan fingerprint density at radius 2 is 2.00 bits per heavy atom. The predicted molar refractivity (Wildman–Crippen MR) is 82.0 cm³/mol. The molecule has 0 spiro atoms. The van der Waals surface area contributed by atoms with Crippen molar-refractivity contribution in [3.63, 3.8) is 0 Å². The molecule has 0 atom stereocenters. The quantitative estimate of drug-likeness (QED) is 0.401. The van der Waals surface area contributed by atoms with Crippen LogP contribution in [-0.2, 0) is 13.8 Å². The molecule has 0 amide bonds. The zero-order valence-corrected chi connectivity index (χ0v) is 14.6. The number of benzene rings is 1. The zero-order chi connectivity index (χ0) is 15.3. The van der Waals surface area contributed by atoms with Gasteiger partial charge in [0.2, 0.25) is 0 Å². The molecule has 0 aromatic heterocycles. The van der Waals surface area contributed by atoms with Crippen LogP contribution in [0.25, 0.3) is 0 Å². The Balaban J connectivity index is 2.99. The van der Waals surface area contributed by atoms with Gasteiger partial charge in [-0.25, -0.2) is 13.2 Å². The first-order valence-electron chi connectivity index (χ1n) is 5.88. The third-order valence-corrected chi connectivity index (χ3v) is 5.08. The molecule has 112 valence electrons. The molecule has 0 aliphatic rings. The summed E-state index contributed by atoms with van der Waals surface area (Å²) in [6, 6.07) is 2.34. The van der Waals surface area contributed by atoms with E-state index in [-0.39, 0.29) is 26.6 Å². The summed E-state index contributed by atoms with van der Waals surface area (Å²) >= 11 is 9.05. The summed E-state index contributed by atoms with van der Waals surface area (Å²) in [7, 11) is 1.31. The molecule has 1 aromatic rings. The molecule has 1 aromatic carbocycles. The highest BCUT2D eigenvalue weighted by molar-refractivity contribution is 9.10. The number of rotatable bonds is 6. The average molecular weight is 404 g/mol. The first-order valence-corrected chi connectivity index (χ1v) is 9.36. The Morgan fingerprint density at radius 3 is 2.55 bits per heavy atom. The van der Waals surface area contributed by atoms with Crippen LogP contribution in [0.2, 0.25) is 5.02 Å². The van der Waals surface area contributed by atoms with Gasteiger partial charge in [0, 0.05) is 15.2 Å². The van der Waals surface area contributed by atoms with Gasteiger partial charge in [-0.2, -0.15) is 0 Å². The van der Waals surface area contributed by atoms with Crippen LogP contribution in [0.1, 0.15) is 36.5 Å². The Hall–Kier alpha value is -0.300. The molecule has 0 saturated carbocycles. The monoisotopic (exact) mass is 402 g/mol. The molecule has 0 fully saturated rings. The third-order valence-electron chi connectivity index (χ3n) is 2.48.